The Morgan fingerprint density at radius 3 is 2.20 bits per heavy atom. The van der Waals surface area contributed by atoms with Crippen LogP contribution in [0.3, 0.4) is 0 Å². The topological polar surface area (TPSA) is 64.5 Å². The van der Waals surface area contributed by atoms with Gasteiger partial charge in [-0.1, -0.05) is 36.9 Å². The van der Waals surface area contributed by atoms with Gasteiger partial charge < -0.3 is 15.8 Å². The summed E-state index contributed by atoms with van der Waals surface area (Å²) in [6.45, 7) is 6.28. The summed E-state index contributed by atoms with van der Waals surface area (Å²) in [6.07, 6.45) is 0. The SMILES string of the molecule is C=C(C)C(=O)OCCN(C)C.ClCc1ccccc1.N. The quantitative estimate of drug-likeness (QED) is 0.515. The smallest absolute Gasteiger partial charge is 0.333 e. The van der Waals surface area contributed by atoms with Crippen LogP contribution in [-0.2, 0) is 15.4 Å². The molecule has 1 rings (SSSR count). The van der Waals surface area contributed by atoms with Crippen molar-refractivity contribution in [3.8, 4) is 0 Å². The van der Waals surface area contributed by atoms with Crippen molar-refractivity contribution in [2.75, 3.05) is 27.2 Å². The Hall–Kier alpha value is -1.36. The fraction of sp³-hybridized carbons (Fsp3) is 0.400. The normalized spacial score (nSPS) is 9.05. The molecule has 3 N–H and O–H groups in total. The first-order chi connectivity index (χ1) is 8.97. The third-order valence-corrected chi connectivity index (χ3v) is 2.43. The lowest BCUT2D eigenvalue weighted by Gasteiger charge is -2.09. The van der Waals surface area contributed by atoms with E-state index < -0.39 is 0 Å². The second kappa shape index (κ2) is 12.7. The van der Waals surface area contributed by atoms with Gasteiger partial charge in [0.25, 0.3) is 0 Å². The van der Waals surface area contributed by atoms with Crippen molar-refractivity contribution in [1.29, 1.82) is 0 Å². The van der Waals surface area contributed by atoms with Gasteiger partial charge in [0, 0.05) is 18.0 Å². The minimum Gasteiger partial charge on any atom is -0.461 e. The second-order valence-corrected chi connectivity index (χ2v) is 4.61. The number of carbonyl (C=O) groups excluding carboxylic acids is 1. The van der Waals surface area contributed by atoms with E-state index in [-0.39, 0.29) is 12.1 Å². The van der Waals surface area contributed by atoms with Gasteiger partial charge in [-0.3, -0.25) is 0 Å². The second-order valence-electron chi connectivity index (χ2n) is 4.34. The van der Waals surface area contributed by atoms with Crippen molar-refractivity contribution in [3.05, 3.63) is 48.0 Å². The van der Waals surface area contributed by atoms with Crippen molar-refractivity contribution in [3.63, 3.8) is 0 Å². The summed E-state index contributed by atoms with van der Waals surface area (Å²) in [6, 6.07) is 9.96. The predicted molar refractivity (Wildman–Crippen MR) is 85.3 cm³/mol. The molecule has 5 heteroatoms. The molecule has 20 heavy (non-hydrogen) atoms. The molecule has 0 heterocycles. The molecule has 0 aromatic heterocycles. The summed E-state index contributed by atoms with van der Waals surface area (Å²) in [4.78, 5) is 12.7. The fourth-order valence-electron chi connectivity index (χ4n) is 1.01. The molecule has 1 aromatic carbocycles. The highest BCUT2D eigenvalue weighted by Gasteiger charge is 2.01. The third kappa shape index (κ3) is 11.7. The number of carbonyl (C=O) groups is 1. The van der Waals surface area contributed by atoms with E-state index in [9.17, 15) is 4.79 Å². The van der Waals surface area contributed by atoms with Crippen LogP contribution in [0.25, 0.3) is 0 Å². The Kier molecular flexibility index (Phi) is 13.3. The van der Waals surface area contributed by atoms with E-state index in [4.69, 9.17) is 16.3 Å². The van der Waals surface area contributed by atoms with Gasteiger partial charge >= 0.3 is 5.97 Å². The standard InChI is InChI=1S/C8H15NO2.C7H7Cl.H3N/c1-7(2)8(10)11-6-5-9(3)4;8-6-7-4-2-1-3-5-7;/h1,5-6H2,2-4H3;1-5H,6H2;1H3. The molecule has 0 radical (unpaired) electrons. The maximum atomic E-state index is 10.8. The zero-order chi connectivity index (χ0) is 14.7. The Morgan fingerprint density at radius 1 is 1.30 bits per heavy atom. The molecule has 1 aromatic rings. The lowest BCUT2D eigenvalue weighted by molar-refractivity contribution is -0.139. The van der Waals surface area contributed by atoms with Gasteiger partial charge in [-0.05, 0) is 26.6 Å². The molecule has 0 amide bonds. The van der Waals surface area contributed by atoms with Gasteiger partial charge in [0.15, 0.2) is 0 Å². The average molecular weight is 301 g/mol. The van der Waals surface area contributed by atoms with Crippen LogP contribution in [0.2, 0.25) is 0 Å². The van der Waals surface area contributed by atoms with Crippen LogP contribution >= 0.6 is 11.6 Å². The predicted octanol–water partition coefficient (Wildman–Crippen LogP) is 3.25. The molecular weight excluding hydrogens is 276 g/mol. The van der Waals surface area contributed by atoms with Crippen molar-refractivity contribution in [1.82, 2.24) is 11.1 Å². The molecule has 0 fully saturated rings. The van der Waals surface area contributed by atoms with Crippen molar-refractivity contribution in [2.45, 2.75) is 12.8 Å². The van der Waals surface area contributed by atoms with Crippen LogP contribution in [-0.4, -0.2) is 38.1 Å². The van der Waals surface area contributed by atoms with Gasteiger partial charge in [0.1, 0.15) is 6.61 Å². The molecule has 0 aliphatic carbocycles. The molecule has 4 nitrogen and oxygen atoms in total. The summed E-state index contributed by atoms with van der Waals surface area (Å²) in [5.74, 6) is 0.299. The number of esters is 1. The first kappa shape index (κ1) is 20.9. The zero-order valence-electron chi connectivity index (χ0n) is 12.6. The molecule has 0 unspecified atom stereocenters. The molecule has 114 valence electrons. The van der Waals surface area contributed by atoms with Gasteiger partial charge in [-0.25, -0.2) is 4.79 Å². The maximum absolute atomic E-state index is 10.8. The van der Waals surface area contributed by atoms with Gasteiger partial charge in [-0.15, -0.1) is 11.6 Å². The number of benzene rings is 1. The average Bonchev–Trinajstić information content (AvgIpc) is 2.39. The molecule has 0 aliphatic rings. The summed E-state index contributed by atoms with van der Waals surface area (Å²) < 4.78 is 4.83. The first-order valence-electron chi connectivity index (χ1n) is 6.04. The van der Waals surface area contributed by atoms with E-state index in [1.165, 1.54) is 5.56 Å². The summed E-state index contributed by atoms with van der Waals surface area (Å²) in [5.41, 5.74) is 1.62. The van der Waals surface area contributed by atoms with E-state index in [1.54, 1.807) is 6.92 Å². The molecular formula is C15H25ClN2O2. The van der Waals surface area contributed by atoms with Crippen molar-refractivity contribution < 1.29 is 9.53 Å². The first-order valence-corrected chi connectivity index (χ1v) is 6.58. The Labute approximate surface area is 127 Å². The van der Waals surface area contributed by atoms with Crippen LogP contribution in [0.5, 0.6) is 0 Å². The van der Waals surface area contributed by atoms with Crippen LogP contribution in [0.1, 0.15) is 12.5 Å². The lowest BCUT2D eigenvalue weighted by atomic mass is 10.2. The molecule has 0 saturated carbocycles. The largest absolute Gasteiger partial charge is 0.461 e. The van der Waals surface area contributed by atoms with Crippen LogP contribution in [0.4, 0.5) is 0 Å². The van der Waals surface area contributed by atoms with Crippen LogP contribution in [0.15, 0.2) is 42.5 Å². The Balaban J connectivity index is 0. The number of likely N-dealkylation sites (N-methyl/N-ethyl adjacent to an activating group) is 1. The van der Waals surface area contributed by atoms with Crippen LogP contribution in [0, 0.1) is 0 Å². The molecule has 0 spiro atoms. The van der Waals surface area contributed by atoms with Crippen molar-refractivity contribution >= 4 is 17.6 Å². The highest BCUT2D eigenvalue weighted by atomic mass is 35.5. The van der Waals surface area contributed by atoms with E-state index in [1.807, 2.05) is 49.3 Å². The van der Waals surface area contributed by atoms with Gasteiger partial charge in [-0.2, -0.15) is 0 Å². The minimum absolute atomic E-state index is 0. The maximum Gasteiger partial charge on any atom is 0.333 e. The molecule has 0 bridgehead atoms. The summed E-state index contributed by atoms with van der Waals surface area (Å²) in [7, 11) is 3.85. The van der Waals surface area contributed by atoms with E-state index in [0.29, 0.717) is 18.1 Å². The number of halogens is 1. The highest BCUT2D eigenvalue weighted by molar-refractivity contribution is 6.17. The third-order valence-electron chi connectivity index (χ3n) is 2.12. The van der Waals surface area contributed by atoms with E-state index >= 15 is 0 Å². The van der Waals surface area contributed by atoms with E-state index in [0.717, 1.165) is 6.54 Å². The Morgan fingerprint density at radius 2 is 1.85 bits per heavy atom. The number of hydrogen-bond donors (Lipinski definition) is 1. The number of alkyl halides is 1. The minimum atomic E-state index is -0.313. The Bertz CT molecular complexity index is 381. The van der Waals surface area contributed by atoms with Gasteiger partial charge in [0.05, 0.1) is 0 Å². The van der Waals surface area contributed by atoms with Gasteiger partial charge in [0.2, 0.25) is 0 Å². The number of nitrogens with zero attached hydrogens (tertiary/aromatic N) is 1. The molecule has 0 saturated heterocycles. The highest BCUT2D eigenvalue weighted by Crippen LogP contribution is 2.00. The van der Waals surface area contributed by atoms with Crippen LogP contribution < -0.4 is 6.15 Å². The summed E-state index contributed by atoms with van der Waals surface area (Å²) >= 11 is 5.53. The fourth-order valence-corrected chi connectivity index (χ4v) is 1.19. The molecule has 0 aliphatic heterocycles. The monoisotopic (exact) mass is 300 g/mol. The van der Waals surface area contributed by atoms with Crippen molar-refractivity contribution in [2.24, 2.45) is 0 Å². The number of rotatable bonds is 5. The summed E-state index contributed by atoms with van der Waals surface area (Å²) in [5, 5.41) is 0. The number of hydrogen-bond acceptors (Lipinski definition) is 4. The molecule has 0 atom stereocenters. The van der Waals surface area contributed by atoms with E-state index in [2.05, 4.69) is 6.58 Å². The number of ether oxygens (including phenoxy) is 1. The lowest BCUT2D eigenvalue weighted by Crippen LogP contribution is -2.20. The zero-order valence-corrected chi connectivity index (χ0v) is 13.3.